The Bertz CT molecular complexity index is 696. The minimum atomic E-state index is -5.21. The molecule has 0 unspecified atom stereocenters. The van der Waals surface area contributed by atoms with Crippen molar-refractivity contribution >= 4 is 17.9 Å². The first-order valence-electron chi connectivity index (χ1n) is 6.35. The molecule has 1 aliphatic heterocycles. The molecule has 0 aromatic carbocycles. The molecule has 0 aliphatic carbocycles. The summed E-state index contributed by atoms with van der Waals surface area (Å²) in [5, 5.41) is 10.1. The highest BCUT2D eigenvalue weighted by Gasteiger charge is 2.59. The van der Waals surface area contributed by atoms with Crippen molar-refractivity contribution in [3.8, 4) is 0 Å². The first-order chi connectivity index (χ1) is 10.9. The fraction of sp³-hybridized carbons (Fsp3) is 0.417. The summed E-state index contributed by atoms with van der Waals surface area (Å²) in [5.41, 5.74) is 2.04. The minimum absolute atomic E-state index is 0.280. The van der Waals surface area contributed by atoms with Crippen LogP contribution in [-0.4, -0.2) is 40.7 Å². The Hall–Kier alpha value is -2.66. The van der Waals surface area contributed by atoms with Gasteiger partial charge in [-0.1, -0.05) is 0 Å². The van der Waals surface area contributed by atoms with Crippen molar-refractivity contribution in [3.63, 3.8) is 0 Å². The third-order valence-corrected chi connectivity index (χ3v) is 3.26. The summed E-state index contributed by atoms with van der Waals surface area (Å²) in [6.45, 7) is 0.827. The summed E-state index contributed by atoms with van der Waals surface area (Å²) in [4.78, 5) is 17.6. The van der Waals surface area contributed by atoms with Crippen molar-refractivity contribution in [2.24, 2.45) is 4.99 Å². The lowest BCUT2D eigenvalue weighted by molar-refractivity contribution is -0.228. The van der Waals surface area contributed by atoms with Gasteiger partial charge in [-0.15, -0.1) is 0 Å². The number of aromatic nitrogens is 1. The second kappa shape index (κ2) is 5.76. The van der Waals surface area contributed by atoms with Crippen LogP contribution in [0.3, 0.4) is 0 Å². The van der Waals surface area contributed by atoms with E-state index < -0.39 is 47.6 Å². The van der Waals surface area contributed by atoms with E-state index in [1.807, 2.05) is 0 Å². The number of aliphatic imine (C=N–C) groups is 1. The Morgan fingerprint density at radius 1 is 1.46 bits per heavy atom. The second-order valence-electron chi connectivity index (χ2n) is 5.04. The van der Waals surface area contributed by atoms with Gasteiger partial charge in [0.05, 0.1) is 0 Å². The molecule has 0 radical (unpaired) electrons. The van der Waals surface area contributed by atoms with Crippen LogP contribution in [-0.2, 0) is 10.3 Å². The highest BCUT2D eigenvalue weighted by molar-refractivity contribution is 5.90. The fourth-order valence-corrected chi connectivity index (χ4v) is 2.15. The molecule has 1 aromatic heterocycles. The standard InChI is InChI=1S/C12H11F5N4O3/c1-11(7-4(13)2-3-5(18)19-7)6(14)8(12(15,16)17)24-9(21-11)20-10(22)23/h2-3,6,8H,1H3,(H2,18,19)(H,20,21)(H,22,23)/t6-,8+,11-/m0/s1. The number of pyridine rings is 1. The number of amidine groups is 1. The normalized spacial score (nSPS) is 27.2. The largest absolute Gasteiger partial charge is 0.465 e. The van der Waals surface area contributed by atoms with Crippen LogP contribution in [0.2, 0.25) is 0 Å². The maximum atomic E-state index is 14.5. The van der Waals surface area contributed by atoms with E-state index in [0.29, 0.717) is 0 Å². The van der Waals surface area contributed by atoms with Crippen LogP contribution in [0.1, 0.15) is 12.6 Å². The third kappa shape index (κ3) is 3.16. The van der Waals surface area contributed by atoms with Gasteiger partial charge in [0.1, 0.15) is 22.9 Å². The van der Waals surface area contributed by atoms with E-state index in [4.69, 9.17) is 10.8 Å². The number of anilines is 1. The lowest BCUT2D eigenvalue weighted by Crippen LogP contribution is -2.56. The van der Waals surface area contributed by atoms with Crippen molar-refractivity contribution in [1.82, 2.24) is 10.3 Å². The van der Waals surface area contributed by atoms with E-state index in [-0.39, 0.29) is 5.82 Å². The van der Waals surface area contributed by atoms with Crippen molar-refractivity contribution in [2.75, 3.05) is 5.73 Å². The van der Waals surface area contributed by atoms with E-state index in [1.54, 1.807) is 0 Å². The number of rotatable bonds is 1. The molecule has 2 rings (SSSR count). The maximum absolute atomic E-state index is 14.5. The number of nitrogen functional groups attached to an aromatic ring is 1. The lowest BCUT2D eigenvalue weighted by Gasteiger charge is -2.38. The predicted octanol–water partition coefficient (Wildman–Crippen LogP) is 1.94. The average Bonchev–Trinajstić information content (AvgIpc) is 2.43. The number of nitrogens with two attached hydrogens (primary N) is 1. The van der Waals surface area contributed by atoms with E-state index in [9.17, 15) is 26.7 Å². The fourth-order valence-electron chi connectivity index (χ4n) is 2.15. The summed E-state index contributed by atoms with van der Waals surface area (Å²) in [7, 11) is 0. The van der Waals surface area contributed by atoms with E-state index in [1.165, 1.54) is 5.32 Å². The highest BCUT2D eigenvalue weighted by Crippen LogP contribution is 2.42. The zero-order chi connectivity index (χ0) is 18.3. The van der Waals surface area contributed by atoms with Gasteiger partial charge in [-0.2, -0.15) is 13.2 Å². The molecule has 0 bridgehead atoms. The van der Waals surface area contributed by atoms with Gasteiger partial charge in [-0.25, -0.2) is 28.9 Å². The number of alkyl halides is 4. The van der Waals surface area contributed by atoms with Crippen molar-refractivity contribution < 1.29 is 36.6 Å². The zero-order valence-corrected chi connectivity index (χ0v) is 11.9. The van der Waals surface area contributed by atoms with Gasteiger partial charge in [-0.05, 0) is 19.1 Å². The van der Waals surface area contributed by atoms with Gasteiger partial charge in [0.2, 0.25) is 6.10 Å². The summed E-state index contributed by atoms with van der Waals surface area (Å²) in [6.07, 6.45) is -13.0. The van der Waals surface area contributed by atoms with E-state index in [0.717, 1.165) is 19.1 Å². The summed E-state index contributed by atoms with van der Waals surface area (Å²) >= 11 is 0. The Labute approximate surface area is 131 Å². The molecular weight excluding hydrogens is 343 g/mol. The lowest BCUT2D eigenvalue weighted by atomic mass is 9.87. The smallest absolute Gasteiger partial charge is 0.428 e. The third-order valence-electron chi connectivity index (χ3n) is 3.26. The molecule has 1 aromatic rings. The van der Waals surface area contributed by atoms with Gasteiger partial charge in [-0.3, -0.25) is 0 Å². The van der Waals surface area contributed by atoms with Gasteiger partial charge < -0.3 is 15.6 Å². The van der Waals surface area contributed by atoms with Gasteiger partial charge in [0.15, 0.2) is 6.17 Å². The van der Waals surface area contributed by atoms with Crippen LogP contribution in [0, 0.1) is 5.82 Å². The number of carboxylic acid groups (broad SMARTS) is 1. The molecule has 7 nitrogen and oxygen atoms in total. The molecule has 3 atom stereocenters. The summed E-state index contributed by atoms with van der Waals surface area (Å²) in [5.74, 6) is -1.44. The first-order valence-corrected chi connectivity index (χ1v) is 6.35. The molecule has 24 heavy (non-hydrogen) atoms. The monoisotopic (exact) mass is 354 g/mol. The molecule has 0 saturated carbocycles. The average molecular weight is 354 g/mol. The molecule has 1 aliphatic rings. The molecule has 2 heterocycles. The van der Waals surface area contributed by atoms with Crippen LogP contribution in [0.25, 0.3) is 0 Å². The van der Waals surface area contributed by atoms with Gasteiger partial charge in [0, 0.05) is 0 Å². The molecule has 0 fully saturated rings. The Kier molecular flexibility index (Phi) is 4.25. The Morgan fingerprint density at radius 2 is 2.08 bits per heavy atom. The first kappa shape index (κ1) is 17.7. The van der Waals surface area contributed by atoms with Crippen LogP contribution >= 0.6 is 0 Å². The van der Waals surface area contributed by atoms with Crippen molar-refractivity contribution in [1.29, 1.82) is 0 Å². The number of amides is 1. The molecule has 0 saturated heterocycles. The van der Waals surface area contributed by atoms with Crippen LogP contribution < -0.4 is 11.1 Å². The summed E-state index contributed by atoms with van der Waals surface area (Å²) in [6, 6.07) is 0.675. The highest BCUT2D eigenvalue weighted by atomic mass is 19.4. The molecule has 4 N–H and O–H groups in total. The van der Waals surface area contributed by atoms with E-state index in [2.05, 4.69) is 14.7 Å². The SMILES string of the molecule is C[C@]1(c2nc(N)ccc2F)N=C(NC(=O)O)O[C@@H](C(F)(F)F)[C@@H]1F. The second-order valence-corrected chi connectivity index (χ2v) is 5.04. The number of halogens is 5. The number of nitrogens with zero attached hydrogens (tertiary/aromatic N) is 2. The van der Waals surface area contributed by atoms with Crippen LogP contribution in [0.15, 0.2) is 17.1 Å². The van der Waals surface area contributed by atoms with Crippen LogP contribution in [0.5, 0.6) is 0 Å². The van der Waals surface area contributed by atoms with Gasteiger partial charge >= 0.3 is 12.3 Å². The number of hydrogen-bond donors (Lipinski definition) is 3. The zero-order valence-electron chi connectivity index (χ0n) is 11.9. The van der Waals surface area contributed by atoms with Crippen LogP contribution in [0.4, 0.5) is 32.6 Å². The molecule has 0 spiro atoms. The minimum Gasteiger partial charge on any atom is -0.465 e. The Balaban J connectivity index is 2.62. The van der Waals surface area contributed by atoms with Crippen molar-refractivity contribution in [2.45, 2.75) is 30.9 Å². The Morgan fingerprint density at radius 3 is 2.62 bits per heavy atom. The van der Waals surface area contributed by atoms with E-state index >= 15 is 0 Å². The molecular formula is C12H11F5N4O3. The van der Waals surface area contributed by atoms with Crippen molar-refractivity contribution in [3.05, 3.63) is 23.6 Å². The number of hydrogen-bond acceptors (Lipinski definition) is 5. The predicted molar refractivity (Wildman–Crippen MR) is 70.4 cm³/mol. The molecule has 132 valence electrons. The number of ether oxygens (including phenoxy) is 1. The number of nitrogens with one attached hydrogen (secondary N) is 1. The molecule has 1 amide bonds. The topological polar surface area (TPSA) is 110 Å². The summed E-state index contributed by atoms with van der Waals surface area (Å²) < 4.78 is 71.8. The maximum Gasteiger partial charge on any atom is 0.428 e. The van der Waals surface area contributed by atoms with Gasteiger partial charge in [0.25, 0.3) is 6.02 Å². The quantitative estimate of drug-likeness (QED) is 0.668. The molecule has 12 heteroatoms. The number of carbonyl (C=O) groups is 1.